The van der Waals surface area contributed by atoms with E-state index in [-0.39, 0.29) is 0 Å². The molecule has 5 nitrogen and oxygen atoms in total. The fourth-order valence-corrected chi connectivity index (χ4v) is 3.38. The normalized spacial score (nSPS) is 13.3. The van der Waals surface area contributed by atoms with Gasteiger partial charge in [0.15, 0.2) is 5.82 Å². The van der Waals surface area contributed by atoms with E-state index in [1.807, 2.05) is 47.1 Å². The summed E-state index contributed by atoms with van der Waals surface area (Å²) in [6.07, 6.45) is 0. The van der Waals surface area contributed by atoms with Crippen molar-refractivity contribution < 1.29 is 0 Å². The van der Waals surface area contributed by atoms with Crippen LogP contribution in [0.3, 0.4) is 0 Å². The Balaban J connectivity index is 1.56. The van der Waals surface area contributed by atoms with Crippen molar-refractivity contribution >= 4 is 34.8 Å². The quantitative estimate of drug-likeness (QED) is 0.771. The predicted octanol–water partition coefficient (Wildman–Crippen LogP) is 3.90. The molecule has 0 bridgehead atoms. The molecular formula is C17H14ClN5S. The lowest BCUT2D eigenvalue weighted by molar-refractivity contribution is 0.716. The van der Waals surface area contributed by atoms with Crippen molar-refractivity contribution in [1.82, 2.24) is 14.9 Å². The number of halogens is 1. The van der Waals surface area contributed by atoms with Crippen LogP contribution in [0.25, 0.3) is 0 Å². The third-order valence-corrected chi connectivity index (χ3v) is 4.82. The van der Waals surface area contributed by atoms with E-state index in [2.05, 4.69) is 27.6 Å². The van der Waals surface area contributed by atoms with Crippen molar-refractivity contribution in [3.05, 3.63) is 71.0 Å². The molecule has 1 N–H and O–H groups in total. The topological polar surface area (TPSA) is 55.1 Å². The van der Waals surface area contributed by atoms with Gasteiger partial charge in [-0.3, -0.25) is 0 Å². The summed E-state index contributed by atoms with van der Waals surface area (Å²) >= 11 is 7.56. The van der Waals surface area contributed by atoms with Crippen molar-refractivity contribution in [3.63, 3.8) is 0 Å². The van der Waals surface area contributed by atoms with Crippen LogP contribution in [-0.4, -0.2) is 26.3 Å². The summed E-state index contributed by atoms with van der Waals surface area (Å²) in [7, 11) is 0. The number of nitrogens with one attached hydrogen (secondary N) is 1. The van der Waals surface area contributed by atoms with Crippen LogP contribution in [0.15, 0.2) is 64.9 Å². The zero-order chi connectivity index (χ0) is 16.4. The van der Waals surface area contributed by atoms with Crippen LogP contribution in [0.1, 0.15) is 11.4 Å². The minimum Gasteiger partial charge on any atom is -0.378 e. The molecule has 0 fully saturated rings. The van der Waals surface area contributed by atoms with Gasteiger partial charge in [-0.2, -0.15) is 9.78 Å². The average Bonchev–Trinajstić information content (AvgIpc) is 3.04. The Labute approximate surface area is 148 Å². The molecule has 7 heteroatoms. The van der Waals surface area contributed by atoms with E-state index in [9.17, 15) is 0 Å². The first-order valence-corrected chi connectivity index (χ1v) is 8.86. The van der Waals surface area contributed by atoms with Gasteiger partial charge in [-0.25, -0.2) is 0 Å². The average molecular weight is 356 g/mol. The first kappa shape index (κ1) is 15.2. The van der Waals surface area contributed by atoms with Gasteiger partial charge in [0.25, 0.3) is 0 Å². The molecule has 3 aromatic rings. The van der Waals surface area contributed by atoms with Gasteiger partial charge in [0.05, 0.1) is 12.3 Å². The molecule has 0 saturated carbocycles. The maximum Gasteiger partial charge on any atom is 0.212 e. The Kier molecular flexibility index (Phi) is 4.23. The smallest absolute Gasteiger partial charge is 0.212 e. The molecule has 4 rings (SSSR count). The lowest BCUT2D eigenvalue weighted by Crippen LogP contribution is -2.15. The summed E-state index contributed by atoms with van der Waals surface area (Å²) in [5.41, 5.74) is 3.13. The van der Waals surface area contributed by atoms with E-state index in [1.165, 1.54) is 0 Å². The number of hydrogen-bond acceptors (Lipinski definition) is 5. The second-order valence-electron chi connectivity index (χ2n) is 5.27. The highest BCUT2D eigenvalue weighted by Crippen LogP contribution is 2.24. The molecule has 0 aliphatic carbocycles. The van der Waals surface area contributed by atoms with E-state index in [0.717, 1.165) is 33.7 Å². The molecule has 1 aromatic heterocycles. The Morgan fingerprint density at radius 1 is 1.04 bits per heavy atom. The second-order valence-corrected chi connectivity index (χ2v) is 6.65. The van der Waals surface area contributed by atoms with Crippen molar-refractivity contribution in [2.75, 3.05) is 11.1 Å². The molecule has 120 valence electrons. The van der Waals surface area contributed by atoms with Gasteiger partial charge in [0.1, 0.15) is 0 Å². The fraction of sp³-hybridized carbons (Fsp3) is 0.118. The number of aromatic nitrogens is 3. The van der Waals surface area contributed by atoms with Crippen molar-refractivity contribution in [3.8, 4) is 0 Å². The van der Waals surface area contributed by atoms with Crippen LogP contribution in [0.4, 0.5) is 5.69 Å². The van der Waals surface area contributed by atoms with E-state index >= 15 is 0 Å². The Morgan fingerprint density at radius 3 is 2.62 bits per heavy atom. The molecule has 1 aliphatic rings. The summed E-state index contributed by atoms with van der Waals surface area (Å²) < 4.78 is 1.82. The van der Waals surface area contributed by atoms with Crippen molar-refractivity contribution in [2.45, 2.75) is 11.7 Å². The number of rotatable bonds is 4. The molecule has 0 amide bonds. The standard InChI is InChI=1S/C17H14ClN5S/c18-13-6-8-14(9-7-13)19-10-16-20-21-17-23(16)22-15(11-24-17)12-4-2-1-3-5-12/h1-9,19H,10-11H2. The minimum absolute atomic E-state index is 0.542. The zero-order valence-corrected chi connectivity index (χ0v) is 14.3. The lowest BCUT2D eigenvalue weighted by Gasteiger charge is -2.14. The predicted molar refractivity (Wildman–Crippen MR) is 97.9 cm³/mol. The molecule has 0 radical (unpaired) electrons. The fourth-order valence-electron chi connectivity index (χ4n) is 2.40. The highest BCUT2D eigenvalue weighted by atomic mass is 35.5. The van der Waals surface area contributed by atoms with E-state index < -0.39 is 0 Å². The summed E-state index contributed by atoms with van der Waals surface area (Å²) in [6, 6.07) is 17.8. The van der Waals surface area contributed by atoms with Gasteiger partial charge in [-0.15, -0.1) is 10.2 Å². The van der Waals surface area contributed by atoms with Crippen LogP contribution in [-0.2, 0) is 6.54 Å². The van der Waals surface area contributed by atoms with E-state index in [1.54, 1.807) is 11.8 Å². The van der Waals surface area contributed by atoms with Gasteiger partial charge in [-0.1, -0.05) is 53.7 Å². The molecule has 0 unspecified atom stereocenters. The Morgan fingerprint density at radius 2 is 1.83 bits per heavy atom. The zero-order valence-electron chi connectivity index (χ0n) is 12.7. The second kappa shape index (κ2) is 6.67. The van der Waals surface area contributed by atoms with Gasteiger partial charge >= 0.3 is 0 Å². The van der Waals surface area contributed by atoms with Gasteiger partial charge < -0.3 is 5.32 Å². The van der Waals surface area contributed by atoms with Gasteiger partial charge in [-0.05, 0) is 29.8 Å². The monoisotopic (exact) mass is 355 g/mol. The summed E-state index contributed by atoms with van der Waals surface area (Å²) in [5, 5.41) is 18.1. The Bertz CT molecular complexity index is 874. The summed E-state index contributed by atoms with van der Waals surface area (Å²) in [5.74, 6) is 1.58. The number of thioether (sulfide) groups is 1. The lowest BCUT2D eigenvalue weighted by atomic mass is 10.1. The highest BCUT2D eigenvalue weighted by Gasteiger charge is 2.19. The van der Waals surface area contributed by atoms with Gasteiger partial charge in [0.2, 0.25) is 5.16 Å². The molecule has 2 heterocycles. The van der Waals surface area contributed by atoms with Crippen LogP contribution in [0.2, 0.25) is 5.02 Å². The van der Waals surface area contributed by atoms with Crippen molar-refractivity contribution in [1.29, 1.82) is 0 Å². The number of hydrogen-bond donors (Lipinski definition) is 1. The third-order valence-electron chi connectivity index (χ3n) is 3.64. The van der Waals surface area contributed by atoms with Crippen LogP contribution >= 0.6 is 23.4 Å². The Hall–Kier alpha value is -2.31. The third kappa shape index (κ3) is 3.16. The SMILES string of the molecule is Clc1ccc(NCc2nnc3n2N=C(c2ccccc2)CS3)cc1. The van der Waals surface area contributed by atoms with Crippen LogP contribution in [0, 0.1) is 0 Å². The first-order valence-electron chi connectivity index (χ1n) is 7.49. The maximum absolute atomic E-state index is 5.91. The first-order chi connectivity index (χ1) is 11.8. The number of anilines is 1. The van der Waals surface area contributed by atoms with Crippen molar-refractivity contribution in [2.24, 2.45) is 5.10 Å². The number of fused-ring (bicyclic) bond motifs is 1. The molecule has 2 aromatic carbocycles. The van der Waals surface area contributed by atoms with E-state index in [4.69, 9.17) is 16.7 Å². The minimum atomic E-state index is 0.542. The largest absolute Gasteiger partial charge is 0.378 e. The molecule has 0 spiro atoms. The van der Waals surface area contributed by atoms with Crippen LogP contribution in [0.5, 0.6) is 0 Å². The summed E-state index contributed by atoms with van der Waals surface area (Å²) in [6.45, 7) is 0.542. The number of benzene rings is 2. The molecule has 24 heavy (non-hydrogen) atoms. The maximum atomic E-state index is 5.91. The molecule has 0 saturated heterocycles. The summed E-state index contributed by atoms with van der Waals surface area (Å²) in [4.78, 5) is 0. The van der Waals surface area contributed by atoms with Gasteiger partial charge in [0, 0.05) is 16.5 Å². The molecular weight excluding hydrogens is 342 g/mol. The van der Waals surface area contributed by atoms with Crippen LogP contribution < -0.4 is 5.32 Å². The molecule has 0 atom stereocenters. The highest BCUT2D eigenvalue weighted by molar-refractivity contribution is 7.99. The number of nitrogens with zero attached hydrogens (tertiary/aromatic N) is 4. The van der Waals surface area contributed by atoms with E-state index in [0.29, 0.717) is 11.6 Å². The molecule has 1 aliphatic heterocycles.